The third-order valence-corrected chi connectivity index (χ3v) is 3.76. The molecule has 0 spiro atoms. The summed E-state index contributed by atoms with van der Waals surface area (Å²) in [4.78, 5) is 2.26. The van der Waals surface area contributed by atoms with Crippen molar-refractivity contribution in [3.8, 4) is 6.07 Å². The Kier molecular flexibility index (Phi) is 7.99. The Morgan fingerprint density at radius 1 is 1.28 bits per heavy atom. The van der Waals surface area contributed by atoms with Crippen molar-refractivity contribution in [2.24, 2.45) is 5.92 Å². The molecule has 4 nitrogen and oxygen atoms in total. The van der Waals surface area contributed by atoms with Gasteiger partial charge in [-0.25, -0.2) is 0 Å². The number of methoxy groups -OCH3 is 1. The van der Waals surface area contributed by atoms with Gasteiger partial charge in [-0.2, -0.15) is 5.26 Å². The minimum Gasteiger partial charge on any atom is -0.383 e. The molecule has 0 amide bonds. The van der Waals surface area contributed by atoms with Crippen molar-refractivity contribution in [3.63, 3.8) is 0 Å². The van der Waals surface area contributed by atoms with Crippen molar-refractivity contribution in [3.05, 3.63) is 0 Å². The summed E-state index contributed by atoms with van der Waals surface area (Å²) >= 11 is 0. The van der Waals surface area contributed by atoms with Crippen molar-refractivity contribution in [1.29, 1.82) is 5.26 Å². The van der Waals surface area contributed by atoms with Crippen LogP contribution in [0.5, 0.6) is 0 Å². The first-order valence-corrected chi connectivity index (χ1v) is 7.08. The summed E-state index contributed by atoms with van der Waals surface area (Å²) in [7, 11) is 3.84. The fourth-order valence-electron chi connectivity index (χ4n) is 2.51. The Bertz CT molecular complexity index is 252. The molecule has 1 N–H and O–H groups in total. The van der Waals surface area contributed by atoms with Crippen LogP contribution < -0.4 is 5.32 Å². The van der Waals surface area contributed by atoms with Gasteiger partial charge in [0.1, 0.15) is 0 Å². The minimum atomic E-state index is 0.205. The summed E-state index contributed by atoms with van der Waals surface area (Å²) in [6.45, 7) is 3.71. The molecule has 0 aliphatic heterocycles. The molecule has 1 aliphatic rings. The monoisotopic (exact) mass is 253 g/mol. The van der Waals surface area contributed by atoms with E-state index in [0.29, 0.717) is 6.04 Å². The molecule has 18 heavy (non-hydrogen) atoms. The largest absolute Gasteiger partial charge is 0.383 e. The quantitative estimate of drug-likeness (QED) is 0.701. The van der Waals surface area contributed by atoms with E-state index in [2.05, 4.69) is 23.3 Å². The van der Waals surface area contributed by atoms with Crippen molar-refractivity contribution < 1.29 is 4.74 Å². The first-order valence-electron chi connectivity index (χ1n) is 7.08. The van der Waals surface area contributed by atoms with Crippen LogP contribution in [-0.4, -0.2) is 51.3 Å². The van der Waals surface area contributed by atoms with Gasteiger partial charge in [0.25, 0.3) is 0 Å². The molecule has 1 rings (SSSR count). The lowest BCUT2D eigenvalue weighted by Gasteiger charge is -2.23. The van der Waals surface area contributed by atoms with Gasteiger partial charge in [0, 0.05) is 32.8 Å². The zero-order valence-corrected chi connectivity index (χ0v) is 11.8. The fraction of sp³-hybridized carbons (Fsp3) is 0.929. The molecule has 104 valence electrons. The maximum atomic E-state index is 9.19. The number of hydrogen-bond donors (Lipinski definition) is 1. The van der Waals surface area contributed by atoms with Crippen LogP contribution in [0.25, 0.3) is 0 Å². The second-order valence-corrected chi connectivity index (χ2v) is 5.23. The standard InChI is InChI=1S/C14H27N3O/c1-17(10-11-18-2)9-8-16-14-7-5-3-4-6-13(14)12-15/h13-14,16H,3-11H2,1-2H3. The summed E-state index contributed by atoms with van der Waals surface area (Å²) in [5.41, 5.74) is 0. The molecule has 0 aromatic heterocycles. The highest BCUT2D eigenvalue weighted by molar-refractivity contribution is 4.93. The van der Waals surface area contributed by atoms with Crippen molar-refractivity contribution in [2.75, 3.05) is 40.4 Å². The highest BCUT2D eigenvalue weighted by Crippen LogP contribution is 2.22. The Morgan fingerprint density at radius 3 is 2.78 bits per heavy atom. The molecule has 0 saturated heterocycles. The molecule has 4 heteroatoms. The van der Waals surface area contributed by atoms with Crippen molar-refractivity contribution in [1.82, 2.24) is 10.2 Å². The van der Waals surface area contributed by atoms with Gasteiger partial charge in [-0.05, 0) is 19.9 Å². The van der Waals surface area contributed by atoms with Gasteiger partial charge < -0.3 is 15.0 Å². The lowest BCUT2D eigenvalue weighted by molar-refractivity contribution is 0.160. The number of nitrogens with zero attached hydrogens (tertiary/aromatic N) is 2. The van der Waals surface area contributed by atoms with E-state index in [9.17, 15) is 5.26 Å². The van der Waals surface area contributed by atoms with Gasteiger partial charge in [0.2, 0.25) is 0 Å². The third kappa shape index (κ3) is 5.81. The predicted octanol–water partition coefficient (Wildman–Crippen LogP) is 1.63. The summed E-state index contributed by atoms with van der Waals surface area (Å²) in [6, 6.07) is 2.87. The van der Waals surface area contributed by atoms with Gasteiger partial charge in [-0.15, -0.1) is 0 Å². The highest BCUT2D eigenvalue weighted by Gasteiger charge is 2.22. The molecular weight excluding hydrogens is 226 g/mol. The molecular formula is C14H27N3O. The molecule has 1 aliphatic carbocycles. The van der Waals surface area contributed by atoms with E-state index < -0.39 is 0 Å². The van der Waals surface area contributed by atoms with Gasteiger partial charge in [0.05, 0.1) is 18.6 Å². The van der Waals surface area contributed by atoms with E-state index in [1.54, 1.807) is 7.11 Å². The van der Waals surface area contributed by atoms with Crippen LogP contribution in [0.15, 0.2) is 0 Å². The Labute approximate surface area is 111 Å². The van der Waals surface area contributed by atoms with Crippen LogP contribution in [-0.2, 0) is 4.74 Å². The first-order chi connectivity index (χ1) is 8.77. The van der Waals surface area contributed by atoms with Gasteiger partial charge in [-0.3, -0.25) is 0 Å². The molecule has 1 fully saturated rings. The lowest BCUT2D eigenvalue weighted by atomic mass is 9.96. The van der Waals surface area contributed by atoms with Gasteiger partial charge in [-0.1, -0.05) is 19.3 Å². The zero-order valence-electron chi connectivity index (χ0n) is 11.8. The molecule has 1 saturated carbocycles. The first kappa shape index (κ1) is 15.4. The van der Waals surface area contributed by atoms with E-state index in [1.807, 2.05) is 0 Å². The van der Waals surface area contributed by atoms with Gasteiger partial charge in [0.15, 0.2) is 0 Å². The molecule has 2 unspecified atom stereocenters. The van der Waals surface area contributed by atoms with Crippen LogP contribution in [0.1, 0.15) is 32.1 Å². The second-order valence-electron chi connectivity index (χ2n) is 5.23. The fourth-order valence-corrected chi connectivity index (χ4v) is 2.51. The third-order valence-electron chi connectivity index (χ3n) is 3.76. The average Bonchev–Trinajstić information content (AvgIpc) is 2.61. The zero-order chi connectivity index (χ0) is 13.2. The Hall–Kier alpha value is -0.630. The number of nitriles is 1. The van der Waals surface area contributed by atoms with Crippen LogP contribution >= 0.6 is 0 Å². The SMILES string of the molecule is COCCN(C)CCNC1CCCCCC1C#N. The van der Waals surface area contributed by atoms with Crippen LogP contribution in [0.2, 0.25) is 0 Å². The second kappa shape index (κ2) is 9.32. The van der Waals surface area contributed by atoms with E-state index in [0.717, 1.165) is 39.1 Å². The van der Waals surface area contributed by atoms with Crippen LogP contribution in [0.4, 0.5) is 0 Å². The van der Waals surface area contributed by atoms with E-state index >= 15 is 0 Å². The maximum Gasteiger partial charge on any atom is 0.0672 e. The van der Waals surface area contributed by atoms with E-state index in [-0.39, 0.29) is 5.92 Å². The molecule has 0 bridgehead atoms. The number of likely N-dealkylation sites (N-methyl/N-ethyl adjacent to an activating group) is 1. The predicted molar refractivity (Wildman–Crippen MR) is 73.4 cm³/mol. The number of rotatable bonds is 7. The van der Waals surface area contributed by atoms with Gasteiger partial charge >= 0.3 is 0 Å². The lowest BCUT2D eigenvalue weighted by Crippen LogP contribution is -2.40. The van der Waals surface area contributed by atoms with Crippen LogP contribution in [0, 0.1) is 17.2 Å². The Morgan fingerprint density at radius 2 is 2.06 bits per heavy atom. The topological polar surface area (TPSA) is 48.3 Å². The Balaban J connectivity index is 2.21. The summed E-state index contributed by atoms with van der Waals surface area (Å²) in [5.74, 6) is 0.205. The maximum absolute atomic E-state index is 9.19. The van der Waals surface area contributed by atoms with E-state index in [1.165, 1.54) is 19.3 Å². The molecule has 2 atom stereocenters. The highest BCUT2D eigenvalue weighted by atomic mass is 16.5. The van der Waals surface area contributed by atoms with Crippen molar-refractivity contribution in [2.45, 2.75) is 38.1 Å². The van der Waals surface area contributed by atoms with Crippen molar-refractivity contribution >= 4 is 0 Å². The summed E-state index contributed by atoms with van der Waals surface area (Å²) in [6.07, 6.45) is 5.97. The normalized spacial score (nSPS) is 24.8. The molecule has 0 aromatic carbocycles. The molecule has 0 aromatic rings. The molecule has 0 heterocycles. The van der Waals surface area contributed by atoms with E-state index in [4.69, 9.17) is 4.74 Å². The number of ether oxygens (including phenoxy) is 1. The number of hydrogen-bond acceptors (Lipinski definition) is 4. The smallest absolute Gasteiger partial charge is 0.0672 e. The van der Waals surface area contributed by atoms with Crippen LogP contribution in [0.3, 0.4) is 0 Å². The average molecular weight is 253 g/mol. The summed E-state index contributed by atoms with van der Waals surface area (Å²) < 4.78 is 5.05. The number of nitrogens with one attached hydrogen (secondary N) is 1. The summed E-state index contributed by atoms with van der Waals surface area (Å²) in [5, 5.41) is 12.8. The molecule has 0 radical (unpaired) electrons. The minimum absolute atomic E-state index is 0.205.